The fourth-order valence-corrected chi connectivity index (χ4v) is 2.63. The van der Waals surface area contributed by atoms with Crippen LogP contribution in [-0.2, 0) is 0 Å². The molecule has 0 spiro atoms. The van der Waals surface area contributed by atoms with E-state index in [0.717, 1.165) is 22.6 Å². The molecule has 2 aromatic carbocycles. The summed E-state index contributed by atoms with van der Waals surface area (Å²) in [7, 11) is 0. The third-order valence-electron chi connectivity index (χ3n) is 3.96. The third kappa shape index (κ3) is 3.21. The van der Waals surface area contributed by atoms with Crippen LogP contribution in [0.2, 0.25) is 0 Å². The van der Waals surface area contributed by atoms with Crippen LogP contribution in [0.4, 0.5) is 22.7 Å². The van der Waals surface area contributed by atoms with E-state index in [1.807, 2.05) is 25.1 Å². The molecule has 1 heterocycles. The van der Waals surface area contributed by atoms with Crippen LogP contribution in [0.3, 0.4) is 0 Å². The van der Waals surface area contributed by atoms with Gasteiger partial charge in [-0.3, -0.25) is 0 Å². The predicted molar refractivity (Wildman–Crippen MR) is 90.7 cm³/mol. The molecule has 0 radical (unpaired) electrons. The highest BCUT2D eigenvalue weighted by molar-refractivity contribution is 5.61. The van der Waals surface area contributed by atoms with Gasteiger partial charge in [-0.1, -0.05) is 0 Å². The summed E-state index contributed by atoms with van der Waals surface area (Å²) < 4.78 is 0. The van der Waals surface area contributed by atoms with E-state index in [0.29, 0.717) is 0 Å². The minimum atomic E-state index is 0.815. The minimum absolute atomic E-state index is 0.815. The van der Waals surface area contributed by atoms with Crippen LogP contribution >= 0.6 is 0 Å². The molecule has 3 rings (SSSR count). The normalized spacial score (nSPS) is 14.2. The van der Waals surface area contributed by atoms with Crippen molar-refractivity contribution in [3.05, 3.63) is 48.0 Å². The summed E-state index contributed by atoms with van der Waals surface area (Å²) in [6.45, 7) is 4.36. The molecule has 21 heavy (non-hydrogen) atoms. The van der Waals surface area contributed by atoms with Gasteiger partial charge in [-0.2, -0.15) is 0 Å². The van der Waals surface area contributed by atoms with E-state index in [1.54, 1.807) is 0 Å². The summed E-state index contributed by atoms with van der Waals surface area (Å²) in [4.78, 5) is 2.43. The molecule has 4 heteroatoms. The first kappa shape index (κ1) is 13.6. The van der Waals surface area contributed by atoms with Gasteiger partial charge in [-0.25, -0.2) is 0 Å². The predicted octanol–water partition coefficient (Wildman–Crippen LogP) is 3.62. The first-order chi connectivity index (χ1) is 10.2. The van der Waals surface area contributed by atoms with Gasteiger partial charge in [-0.15, -0.1) is 0 Å². The van der Waals surface area contributed by atoms with E-state index < -0.39 is 0 Å². The van der Waals surface area contributed by atoms with Crippen molar-refractivity contribution >= 4 is 22.7 Å². The lowest BCUT2D eigenvalue weighted by atomic mass is 10.2. The van der Waals surface area contributed by atoms with Gasteiger partial charge in [0.15, 0.2) is 0 Å². The molecular formula is C17H22N4. The van der Waals surface area contributed by atoms with Crippen LogP contribution in [0, 0.1) is 6.92 Å². The van der Waals surface area contributed by atoms with Crippen molar-refractivity contribution < 1.29 is 0 Å². The highest BCUT2D eigenvalue weighted by Gasteiger charge is 2.11. The van der Waals surface area contributed by atoms with E-state index in [1.165, 1.54) is 31.6 Å². The molecule has 4 nitrogen and oxygen atoms in total. The molecule has 4 N–H and O–H groups in total. The Bertz CT molecular complexity index is 601. The number of hydrazine groups is 1. The Kier molecular flexibility index (Phi) is 3.86. The monoisotopic (exact) mass is 282 g/mol. The number of anilines is 4. The maximum atomic E-state index is 5.82. The van der Waals surface area contributed by atoms with Crippen LogP contribution in [-0.4, -0.2) is 13.1 Å². The summed E-state index contributed by atoms with van der Waals surface area (Å²) in [5.41, 5.74) is 17.5. The van der Waals surface area contributed by atoms with Crippen molar-refractivity contribution in [2.24, 2.45) is 0 Å². The van der Waals surface area contributed by atoms with Gasteiger partial charge in [0.2, 0.25) is 0 Å². The van der Waals surface area contributed by atoms with Crippen molar-refractivity contribution in [2.45, 2.75) is 19.8 Å². The number of aryl methyl sites for hydroxylation is 1. The first-order valence-electron chi connectivity index (χ1n) is 7.45. The summed E-state index contributed by atoms with van der Waals surface area (Å²) >= 11 is 0. The van der Waals surface area contributed by atoms with Crippen LogP contribution in [0.25, 0.3) is 0 Å². The second-order valence-corrected chi connectivity index (χ2v) is 5.56. The van der Waals surface area contributed by atoms with Crippen molar-refractivity contribution in [3.63, 3.8) is 0 Å². The lowest BCUT2D eigenvalue weighted by Crippen LogP contribution is -2.17. The largest absolute Gasteiger partial charge is 0.399 e. The zero-order valence-electron chi connectivity index (χ0n) is 12.4. The molecule has 1 aliphatic rings. The first-order valence-corrected chi connectivity index (χ1v) is 7.45. The molecule has 2 aromatic rings. The van der Waals surface area contributed by atoms with Crippen LogP contribution < -0.4 is 21.5 Å². The molecular weight excluding hydrogens is 260 g/mol. The van der Waals surface area contributed by atoms with Gasteiger partial charge in [0.1, 0.15) is 0 Å². The molecule has 0 unspecified atom stereocenters. The Morgan fingerprint density at radius 1 is 0.905 bits per heavy atom. The SMILES string of the molecule is Cc1cc(NNc2ccc(N3CCCC3)cc2)ccc1N. The lowest BCUT2D eigenvalue weighted by molar-refractivity contribution is 0.949. The summed E-state index contributed by atoms with van der Waals surface area (Å²) in [6, 6.07) is 14.5. The summed E-state index contributed by atoms with van der Waals surface area (Å²) in [5, 5.41) is 0. The Morgan fingerprint density at radius 3 is 2.19 bits per heavy atom. The molecule has 110 valence electrons. The number of nitrogen functional groups attached to an aromatic ring is 1. The molecule has 0 saturated carbocycles. The number of benzene rings is 2. The molecule has 0 amide bonds. The average molecular weight is 282 g/mol. The molecule has 0 aromatic heterocycles. The quantitative estimate of drug-likeness (QED) is 0.592. The highest BCUT2D eigenvalue weighted by atomic mass is 15.4. The number of nitrogens with one attached hydrogen (secondary N) is 2. The molecule has 0 aliphatic carbocycles. The highest BCUT2D eigenvalue weighted by Crippen LogP contribution is 2.22. The minimum Gasteiger partial charge on any atom is -0.399 e. The van der Waals surface area contributed by atoms with E-state index >= 15 is 0 Å². The van der Waals surface area contributed by atoms with Crippen molar-refractivity contribution in [1.82, 2.24) is 0 Å². The number of hydrogen-bond acceptors (Lipinski definition) is 4. The fraction of sp³-hybridized carbons (Fsp3) is 0.294. The van der Waals surface area contributed by atoms with Gasteiger partial charge < -0.3 is 21.5 Å². The third-order valence-corrected chi connectivity index (χ3v) is 3.96. The second-order valence-electron chi connectivity index (χ2n) is 5.56. The van der Waals surface area contributed by atoms with Crippen molar-refractivity contribution in [2.75, 3.05) is 34.6 Å². The average Bonchev–Trinajstić information content (AvgIpc) is 3.03. The van der Waals surface area contributed by atoms with E-state index in [-0.39, 0.29) is 0 Å². The van der Waals surface area contributed by atoms with Gasteiger partial charge >= 0.3 is 0 Å². The van der Waals surface area contributed by atoms with Gasteiger partial charge in [0, 0.05) is 24.5 Å². The van der Waals surface area contributed by atoms with Crippen LogP contribution in [0.5, 0.6) is 0 Å². The number of nitrogens with zero attached hydrogens (tertiary/aromatic N) is 1. The molecule has 1 aliphatic heterocycles. The zero-order valence-corrected chi connectivity index (χ0v) is 12.4. The van der Waals surface area contributed by atoms with Crippen LogP contribution in [0.15, 0.2) is 42.5 Å². The maximum Gasteiger partial charge on any atom is 0.0544 e. The van der Waals surface area contributed by atoms with Crippen LogP contribution in [0.1, 0.15) is 18.4 Å². The van der Waals surface area contributed by atoms with Gasteiger partial charge in [0.25, 0.3) is 0 Å². The smallest absolute Gasteiger partial charge is 0.0544 e. The number of nitrogens with two attached hydrogens (primary N) is 1. The van der Waals surface area contributed by atoms with E-state index in [2.05, 4.69) is 40.0 Å². The summed E-state index contributed by atoms with van der Waals surface area (Å²) in [5.74, 6) is 0. The van der Waals surface area contributed by atoms with E-state index in [9.17, 15) is 0 Å². The zero-order chi connectivity index (χ0) is 14.7. The molecule has 0 atom stereocenters. The summed E-state index contributed by atoms with van der Waals surface area (Å²) in [6.07, 6.45) is 2.61. The molecule has 0 bridgehead atoms. The Hall–Kier alpha value is -2.36. The molecule has 1 saturated heterocycles. The Balaban J connectivity index is 1.61. The van der Waals surface area contributed by atoms with E-state index in [4.69, 9.17) is 5.73 Å². The lowest BCUT2D eigenvalue weighted by Gasteiger charge is -2.18. The van der Waals surface area contributed by atoms with Gasteiger partial charge in [0.05, 0.1) is 11.4 Å². The molecule has 1 fully saturated rings. The standard InChI is InChI=1S/C17H22N4/c1-13-12-15(6-9-17(13)18)20-19-14-4-7-16(8-5-14)21-10-2-3-11-21/h4-9,12,19-20H,2-3,10-11,18H2,1H3. The number of rotatable bonds is 4. The Morgan fingerprint density at radius 2 is 1.52 bits per heavy atom. The second kappa shape index (κ2) is 5.95. The maximum absolute atomic E-state index is 5.82. The van der Waals surface area contributed by atoms with Crippen molar-refractivity contribution in [3.8, 4) is 0 Å². The Labute approximate surface area is 125 Å². The number of hydrogen-bond donors (Lipinski definition) is 3. The fourth-order valence-electron chi connectivity index (χ4n) is 2.63. The van der Waals surface area contributed by atoms with Gasteiger partial charge in [-0.05, 0) is 67.8 Å². The van der Waals surface area contributed by atoms with Crippen molar-refractivity contribution in [1.29, 1.82) is 0 Å². The topological polar surface area (TPSA) is 53.3 Å².